The van der Waals surface area contributed by atoms with Crippen molar-refractivity contribution in [2.45, 2.75) is 37.8 Å². The molecule has 5 rings (SSSR count). The van der Waals surface area contributed by atoms with Crippen LogP contribution < -0.4 is 14.8 Å². The van der Waals surface area contributed by atoms with Crippen molar-refractivity contribution in [3.63, 3.8) is 0 Å². The standard InChI is InChI=1S/C26H28N4O5/c1-16-11-23(30(32)33)24(35-15-17-6-10-29(17)2)14-20(16)25(31)28-26(7-8-26)21-12-18(34-3)13-22-19(21)5-4-9-27-22/h4-5,9,11-14,17H,6-8,10,15H2,1-3H3,(H,28,31). The van der Waals surface area contributed by atoms with Gasteiger partial charge in [-0.1, -0.05) is 6.07 Å². The summed E-state index contributed by atoms with van der Waals surface area (Å²) >= 11 is 0. The number of methoxy groups -OCH3 is 1. The first kappa shape index (κ1) is 23.0. The average molecular weight is 477 g/mol. The third-order valence-electron chi connectivity index (χ3n) is 7.17. The van der Waals surface area contributed by atoms with Crippen molar-refractivity contribution in [3.05, 3.63) is 69.4 Å². The van der Waals surface area contributed by atoms with E-state index >= 15 is 0 Å². The molecule has 1 aliphatic carbocycles. The largest absolute Gasteiger partial charge is 0.497 e. The van der Waals surface area contributed by atoms with E-state index in [0.29, 0.717) is 23.5 Å². The molecule has 35 heavy (non-hydrogen) atoms. The van der Waals surface area contributed by atoms with Gasteiger partial charge in [0.25, 0.3) is 5.91 Å². The monoisotopic (exact) mass is 476 g/mol. The van der Waals surface area contributed by atoms with Gasteiger partial charge in [0.2, 0.25) is 0 Å². The van der Waals surface area contributed by atoms with E-state index in [-0.39, 0.29) is 23.4 Å². The predicted molar refractivity (Wildman–Crippen MR) is 131 cm³/mol. The van der Waals surface area contributed by atoms with Gasteiger partial charge in [-0.3, -0.25) is 24.8 Å². The van der Waals surface area contributed by atoms with E-state index in [1.807, 2.05) is 31.3 Å². The lowest BCUT2D eigenvalue weighted by Crippen LogP contribution is -2.48. The number of hydrogen-bond acceptors (Lipinski definition) is 7. The molecule has 1 atom stereocenters. The number of benzene rings is 2. The van der Waals surface area contributed by atoms with Gasteiger partial charge in [0.05, 0.1) is 23.1 Å². The second-order valence-corrected chi connectivity index (χ2v) is 9.41. The van der Waals surface area contributed by atoms with Gasteiger partial charge >= 0.3 is 5.69 Å². The Kier molecular flexibility index (Phi) is 5.80. The van der Waals surface area contributed by atoms with Gasteiger partial charge in [-0.2, -0.15) is 0 Å². The van der Waals surface area contributed by atoms with Crippen molar-refractivity contribution >= 4 is 22.5 Å². The number of amides is 1. The van der Waals surface area contributed by atoms with E-state index < -0.39 is 10.5 Å². The summed E-state index contributed by atoms with van der Waals surface area (Å²) in [6.45, 7) is 3.03. The molecule has 2 aliphatic rings. The third kappa shape index (κ3) is 4.27. The van der Waals surface area contributed by atoms with Crippen LogP contribution in [-0.4, -0.2) is 54.1 Å². The van der Waals surface area contributed by atoms with Crippen molar-refractivity contribution in [2.75, 3.05) is 27.3 Å². The number of likely N-dealkylation sites (N-methyl/N-ethyl adjacent to an activating group) is 1. The Bertz CT molecular complexity index is 1320. The van der Waals surface area contributed by atoms with E-state index in [0.717, 1.165) is 42.3 Å². The molecule has 1 aliphatic heterocycles. The molecule has 2 aromatic carbocycles. The quantitative estimate of drug-likeness (QED) is 0.387. The highest BCUT2D eigenvalue weighted by Gasteiger charge is 2.47. The van der Waals surface area contributed by atoms with Crippen LogP contribution in [0, 0.1) is 17.0 Å². The maximum Gasteiger partial charge on any atom is 0.311 e. The van der Waals surface area contributed by atoms with Crippen LogP contribution in [0.4, 0.5) is 5.69 Å². The molecule has 0 bridgehead atoms. The minimum absolute atomic E-state index is 0.118. The molecule has 1 saturated heterocycles. The van der Waals surface area contributed by atoms with E-state index in [1.54, 1.807) is 20.2 Å². The van der Waals surface area contributed by atoms with Gasteiger partial charge < -0.3 is 14.8 Å². The number of rotatable bonds is 8. The zero-order valence-electron chi connectivity index (χ0n) is 20.0. The summed E-state index contributed by atoms with van der Waals surface area (Å²) in [5, 5.41) is 15.8. The smallest absolute Gasteiger partial charge is 0.311 e. The summed E-state index contributed by atoms with van der Waals surface area (Å²) in [6, 6.07) is 10.8. The number of carbonyl (C=O) groups excluding carboxylic acids is 1. The van der Waals surface area contributed by atoms with Crippen molar-refractivity contribution in [1.29, 1.82) is 0 Å². The molecule has 1 unspecified atom stereocenters. The molecular weight excluding hydrogens is 448 g/mol. The number of aryl methyl sites for hydroxylation is 1. The number of fused-ring (bicyclic) bond motifs is 1. The number of nitrogens with zero attached hydrogens (tertiary/aromatic N) is 3. The Morgan fingerprint density at radius 1 is 1.31 bits per heavy atom. The molecule has 0 radical (unpaired) electrons. The zero-order valence-corrected chi connectivity index (χ0v) is 20.0. The van der Waals surface area contributed by atoms with Crippen LogP contribution in [0.25, 0.3) is 10.9 Å². The van der Waals surface area contributed by atoms with E-state index in [2.05, 4.69) is 15.2 Å². The fourth-order valence-electron chi connectivity index (χ4n) is 4.68. The molecule has 2 heterocycles. The van der Waals surface area contributed by atoms with Crippen LogP contribution in [0.5, 0.6) is 11.5 Å². The van der Waals surface area contributed by atoms with Crippen LogP contribution in [0.15, 0.2) is 42.6 Å². The van der Waals surface area contributed by atoms with Crippen molar-refractivity contribution in [1.82, 2.24) is 15.2 Å². The first-order chi connectivity index (χ1) is 16.8. The minimum atomic E-state index is -0.545. The molecule has 1 aromatic heterocycles. The van der Waals surface area contributed by atoms with E-state index in [9.17, 15) is 14.9 Å². The molecule has 1 N–H and O–H groups in total. The van der Waals surface area contributed by atoms with Crippen LogP contribution in [0.1, 0.15) is 40.7 Å². The first-order valence-corrected chi connectivity index (χ1v) is 11.7. The second-order valence-electron chi connectivity index (χ2n) is 9.41. The Labute approximate surface area is 203 Å². The Balaban J connectivity index is 1.45. The summed E-state index contributed by atoms with van der Waals surface area (Å²) in [5.41, 5.74) is 1.96. The van der Waals surface area contributed by atoms with Crippen molar-refractivity contribution in [2.24, 2.45) is 0 Å². The van der Waals surface area contributed by atoms with Gasteiger partial charge in [0.1, 0.15) is 12.4 Å². The lowest BCUT2D eigenvalue weighted by atomic mass is 9.97. The molecule has 1 amide bonds. The molecule has 1 saturated carbocycles. The number of nitro groups is 1. The summed E-state index contributed by atoms with van der Waals surface area (Å²) in [5.74, 6) is 0.502. The van der Waals surface area contributed by atoms with Gasteiger partial charge in [0.15, 0.2) is 5.75 Å². The number of ether oxygens (including phenoxy) is 2. The fourth-order valence-corrected chi connectivity index (χ4v) is 4.68. The maximum atomic E-state index is 13.5. The predicted octanol–water partition coefficient (Wildman–Crippen LogP) is 3.96. The highest BCUT2D eigenvalue weighted by molar-refractivity contribution is 5.98. The van der Waals surface area contributed by atoms with Crippen molar-refractivity contribution < 1.29 is 19.2 Å². The number of aromatic nitrogens is 1. The average Bonchev–Trinajstić information content (AvgIpc) is 3.62. The lowest BCUT2D eigenvalue weighted by Gasteiger charge is -2.37. The number of hydrogen-bond donors (Lipinski definition) is 1. The van der Waals surface area contributed by atoms with E-state index in [4.69, 9.17) is 9.47 Å². The summed E-state index contributed by atoms with van der Waals surface area (Å²) in [7, 11) is 3.60. The molecule has 3 aromatic rings. The summed E-state index contributed by atoms with van der Waals surface area (Å²) in [6.07, 6.45) is 4.26. The van der Waals surface area contributed by atoms with Crippen LogP contribution in [-0.2, 0) is 5.54 Å². The molecule has 0 spiro atoms. The van der Waals surface area contributed by atoms with Gasteiger partial charge in [0, 0.05) is 41.4 Å². The van der Waals surface area contributed by atoms with Crippen LogP contribution in [0.2, 0.25) is 0 Å². The van der Waals surface area contributed by atoms with Gasteiger partial charge in [-0.05, 0) is 63.0 Å². The highest BCUT2D eigenvalue weighted by atomic mass is 16.6. The molecule has 182 valence electrons. The number of pyridine rings is 1. The summed E-state index contributed by atoms with van der Waals surface area (Å²) in [4.78, 5) is 31.3. The number of nitrogens with one attached hydrogen (secondary N) is 1. The highest BCUT2D eigenvalue weighted by Crippen LogP contribution is 2.49. The SMILES string of the molecule is COc1cc(C2(NC(=O)c3cc(OCC4CCN4C)c([N+](=O)[O-])cc3C)CC2)c2cccnc2c1. The molecule has 9 heteroatoms. The molecule has 2 fully saturated rings. The molecular formula is C26H28N4O5. The Morgan fingerprint density at radius 3 is 2.74 bits per heavy atom. The lowest BCUT2D eigenvalue weighted by molar-refractivity contribution is -0.386. The zero-order chi connectivity index (χ0) is 24.7. The minimum Gasteiger partial charge on any atom is -0.497 e. The normalized spacial score (nSPS) is 18.5. The first-order valence-electron chi connectivity index (χ1n) is 11.7. The maximum absolute atomic E-state index is 13.5. The number of carbonyl (C=O) groups is 1. The summed E-state index contributed by atoms with van der Waals surface area (Å²) < 4.78 is 11.3. The Hall–Kier alpha value is -3.72. The van der Waals surface area contributed by atoms with E-state index in [1.165, 1.54) is 12.1 Å². The van der Waals surface area contributed by atoms with Crippen LogP contribution in [0.3, 0.4) is 0 Å². The molecule has 9 nitrogen and oxygen atoms in total. The topological polar surface area (TPSA) is 107 Å². The van der Waals surface area contributed by atoms with Gasteiger partial charge in [-0.15, -0.1) is 0 Å². The Morgan fingerprint density at radius 2 is 2.11 bits per heavy atom. The fraction of sp³-hybridized carbons (Fsp3) is 0.385. The third-order valence-corrected chi connectivity index (χ3v) is 7.17. The second kappa shape index (κ2) is 8.81. The van der Waals surface area contributed by atoms with Crippen molar-refractivity contribution in [3.8, 4) is 11.5 Å². The van der Waals surface area contributed by atoms with Gasteiger partial charge in [-0.25, -0.2) is 0 Å². The number of likely N-dealkylation sites (tertiary alicyclic amines) is 1. The van der Waals surface area contributed by atoms with Crippen LogP contribution >= 0.6 is 0 Å². The number of nitro benzene ring substituents is 1.